The summed E-state index contributed by atoms with van der Waals surface area (Å²) in [5.41, 5.74) is 1.34. The number of benzene rings is 1. The molecule has 0 radical (unpaired) electrons. The molecule has 3 heteroatoms. The lowest BCUT2D eigenvalue weighted by molar-refractivity contribution is 0.459. The van der Waals surface area contributed by atoms with Crippen LogP contribution in [0.25, 0.3) is 0 Å². The van der Waals surface area contributed by atoms with Crippen molar-refractivity contribution < 1.29 is 0 Å². The fourth-order valence-corrected chi connectivity index (χ4v) is 2.21. The summed E-state index contributed by atoms with van der Waals surface area (Å²) in [5.74, 6) is 1.05. The Labute approximate surface area is 157 Å². The number of nitrogens with zero attached hydrogens (tertiary/aromatic N) is 1. The summed E-state index contributed by atoms with van der Waals surface area (Å²) in [4.78, 5) is 3.95. The highest BCUT2D eigenvalue weighted by Gasteiger charge is 2.15. The van der Waals surface area contributed by atoms with Crippen molar-refractivity contribution in [1.82, 2.24) is 10.6 Å². The minimum atomic E-state index is 0.402. The average Bonchev–Trinajstić information content (AvgIpc) is 2.71. The van der Waals surface area contributed by atoms with E-state index in [-0.39, 0.29) is 0 Å². The van der Waals surface area contributed by atoms with E-state index in [9.17, 15) is 0 Å². The number of allylic oxidation sites excluding steroid dienone is 1. The number of unbranched alkanes of at least 4 members (excludes halogenated alkanes) is 2. The second-order valence-corrected chi connectivity index (χ2v) is 5.16. The maximum Gasteiger partial charge on any atom is 0.101 e. The van der Waals surface area contributed by atoms with Gasteiger partial charge in [-0.1, -0.05) is 91.1 Å². The van der Waals surface area contributed by atoms with Gasteiger partial charge in [0.15, 0.2) is 0 Å². The van der Waals surface area contributed by atoms with Gasteiger partial charge in [-0.3, -0.25) is 4.99 Å². The predicted octanol–water partition coefficient (Wildman–Crippen LogP) is 6.10. The van der Waals surface area contributed by atoms with E-state index in [0.29, 0.717) is 6.04 Å². The molecular formula is C22H41N3. The van der Waals surface area contributed by atoms with Gasteiger partial charge in [0.1, 0.15) is 5.82 Å². The van der Waals surface area contributed by atoms with Crippen LogP contribution in [0.2, 0.25) is 0 Å². The van der Waals surface area contributed by atoms with Crippen molar-refractivity contribution in [3.63, 3.8) is 0 Å². The summed E-state index contributed by atoms with van der Waals surface area (Å²) in [5, 5.41) is 6.78. The summed E-state index contributed by atoms with van der Waals surface area (Å²) >= 11 is 0. The van der Waals surface area contributed by atoms with E-state index >= 15 is 0 Å². The van der Waals surface area contributed by atoms with Crippen molar-refractivity contribution in [3.05, 3.63) is 47.8 Å². The molecule has 25 heavy (non-hydrogen) atoms. The lowest BCUT2D eigenvalue weighted by Crippen LogP contribution is -2.37. The molecule has 3 nitrogen and oxygen atoms in total. The largest absolute Gasteiger partial charge is 0.372 e. The van der Waals surface area contributed by atoms with E-state index in [1.807, 2.05) is 39.8 Å². The van der Waals surface area contributed by atoms with Gasteiger partial charge in [0.25, 0.3) is 0 Å². The second-order valence-electron chi connectivity index (χ2n) is 5.16. The number of hydrogen-bond donors (Lipinski definition) is 2. The van der Waals surface area contributed by atoms with Crippen molar-refractivity contribution in [2.24, 2.45) is 4.99 Å². The SMILES string of the molecule is CC.CC.CCCCC.CN=C/C=C1\NCCC(c2ccccc2)N1. The minimum Gasteiger partial charge on any atom is -0.372 e. The summed E-state index contributed by atoms with van der Waals surface area (Å²) in [7, 11) is 1.77. The Bertz CT molecular complexity index is 422. The van der Waals surface area contributed by atoms with E-state index in [0.717, 1.165) is 18.8 Å². The summed E-state index contributed by atoms with van der Waals surface area (Å²) in [6, 6.07) is 10.9. The third kappa shape index (κ3) is 13.2. The normalized spacial score (nSPS) is 16.9. The number of nitrogens with one attached hydrogen (secondary N) is 2. The molecule has 1 atom stereocenters. The van der Waals surface area contributed by atoms with Gasteiger partial charge in [-0.15, -0.1) is 0 Å². The minimum absolute atomic E-state index is 0.402. The van der Waals surface area contributed by atoms with Crippen LogP contribution in [0.3, 0.4) is 0 Å². The Morgan fingerprint density at radius 2 is 1.64 bits per heavy atom. The predicted molar refractivity (Wildman–Crippen MR) is 115 cm³/mol. The highest BCUT2D eigenvalue weighted by Crippen LogP contribution is 2.19. The molecule has 0 bridgehead atoms. The molecule has 1 heterocycles. The molecule has 1 aliphatic heterocycles. The first-order chi connectivity index (χ1) is 12.3. The van der Waals surface area contributed by atoms with Crippen LogP contribution in [0.5, 0.6) is 0 Å². The van der Waals surface area contributed by atoms with Crippen LogP contribution < -0.4 is 10.6 Å². The molecule has 2 N–H and O–H groups in total. The first-order valence-corrected chi connectivity index (χ1v) is 9.99. The van der Waals surface area contributed by atoms with E-state index < -0.39 is 0 Å². The molecule has 1 aromatic carbocycles. The molecule has 0 spiro atoms. The zero-order chi connectivity index (χ0) is 19.3. The molecule has 0 aromatic heterocycles. The number of hydrogen-bond acceptors (Lipinski definition) is 3. The van der Waals surface area contributed by atoms with Gasteiger partial charge in [0.05, 0.1) is 6.04 Å². The average molecular weight is 348 g/mol. The van der Waals surface area contributed by atoms with Gasteiger partial charge in [-0.25, -0.2) is 0 Å². The number of rotatable bonds is 4. The molecule has 2 rings (SSSR count). The van der Waals surface area contributed by atoms with Gasteiger partial charge in [-0.2, -0.15) is 0 Å². The maximum absolute atomic E-state index is 3.95. The molecule has 0 saturated carbocycles. The molecule has 0 aliphatic carbocycles. The maximum atomic E-state index is 3.95. The second kappa shape index (κ2) is 20.3. The van der Waals surface area contributed by atoms with Crippen LogP contribution in [0.15, 0.2) is 47.2 Å². The van der Waals surface area contributed by atoms with Crippen molar-refractivity contribution in [2.45, 2.75) is 73.3 Å². The molecule has 144 valence electrons. The van der Waals surface area contributed by atoms with Gasteiger partial charge >= 0.3 is 0 Å². The van der Waals surface area contributed by atoms with Gasteiger partial charge in [0, 0.05) is 19.8 Å². The zero-order valence-electron chi connectivity index (χ0n) is 17.6. The molecule has 1 aromatic rings. The fraction of sp³-hybridized carbons (Fsp3) is 0.591. The topological polar surface area (TPSA) is 36.4 Å². The van der Waals surface area contributed by atoms with E-state index in [1.165, 1.54) is 24.8 Å². The Hall–Kier alpha value is -1.77. The molecule has 1 saturated heterocycles. The zero-order valence-corrected chi connectivity index (χ0v) is 17.6. The van der Waals surface area contributed by atoms with E-state index in [4.69, 9.17) is 0 Å². The molecule has 1 aliphatic rings. The third-order valence-electron chi connectivity index (χ3n) is 3.38. The monoisotopic (exact) mass is 347 g/mol. The third-order valence-corrected chi connectivity index (χ3v) is 3.38. The quantitative estimate of drug-likeness (QED) is 0.645. The van der Waals surface area contributed by atoms with E-state index in [1.54, 1.807) is 13.3 Å². The van der Waals surface area contributed by atoms with Crippen molar-refractivity contribution in [1.29, 1.82) is 0 Å². The van der Waals surface area contributed by atoms with Crippen LogP contribution in [-0.4, -0.2) is 19.8 Å². The Kier molecular flexibility index (Phi) is 20.7. The molecule has 0 amide bonds. The van der Waals surface area contributed by atoms with Crippen LogP contribution >= 0.6 is 0 Å². The van der Waals surface area contributed by atoms with Crippen LogP contribution in [0.1, 0.15) is 78.8 Å². The fourth-order valence-electron chi connectivity index (χ4n) is 2.21. The van der Waals surface area contributed by atoms with E-state index in [2.05, 4.69) is 53.7 Å². The van der Waals surface area contributed by atoms with Crippen LogP contribution in [0.4, 0.5) is 0 Å². The number of aliphatic imine (C=N–C) groups is 1. The highest BCUT2D eigenvalue weighted by molar-refractivity contribution is 5.71. The van der Waals surface area contributed by atoms with Crippen molar-refractivity contribution in [3.8, 4) is 0 Å². The standard InChI is InChI=1S/C13H17N3.C5H12.2C2H6/c1-14-9-8-13-15-10-7-12(16-13)11-5-3-2-4-6-11;1-3-5-4-2;2*1-2/h2-6,8-9,12,15-16H,7,10H2,1H3;3-5H2,1-2H3;2*1-2H3/b13-8+,14-9?;;;. The van der Waals surface area contributed by atoms with Crippen molar-refractivity contribution >= 4 is 6.21 Å². The first kappa shape index (κ1) is 25.5. The highest BCUT2D eigenvalue weighted by atomic mass is 15.1. The van der Waals surface area contributed by atoms with Crippen LogP contribution in [0, 0.1) is 0 Å². The van der Waals surface area contributed by atoms with Crippen LogP contribution in [-0.2, 0) is 0 Å². The lowest BCUT2D eigenvalue weighted by atomic mass is 10.0. The van der Waals surface area contributed by atoms with Gasteiger partial charge in [0.2, 0.25) is 0 Å². The summed E-state index contributed by atoms with van der Waals surface area (Å²) in [6.45, 7) is 13.4. The summed E-state index contributed by atoms with van der Waals surface area (Å²) < 4.78 is 0. The Morgan fingerprint density at radius 1 is 1.04 bits per heavy atom. The summed E-state index contributed by atoms with van der Waals surface area (Å²) in [6.07, 6.45) is 8.94. The lowest BCUT2D eigenvalue weighted by Gasteiger charge is -2.28. The molecular weight excluding hydrogens is 306 g/mol. The van der Waals surface area contributed by atoms with Gasteiger partial charge < -0.3 is 10.6 Å². The smallest absolute Gasteiger partial charge is 0.101 e. The Balaban J connectivity index is 0. The Morgan fingerprint density at radius 3 is 2.12 bits per heavy atom. The molecule has 1 unspecified atom stereocenters. The molecule has 1 fully saturated rings. The van der Waals surface area contributed by atoms with Gasteiger partial charge in [-0.05, 0) is 18.1 Å². The first-order valence-electron chi connectivity index (χ1n) is 9.99. The van der Waals surface area contributed by atoms with Crippen molar-refractivity contribution in [2.75, 3.05) is 13.6 Å².